The average Bonchev–Trinajstić information content (AvgIpc) is 2.83. The number of piperidine rings is 1. The van der Waals surface area contributed by atoms with Crippen molar-refractivity contribution in [3.8, 4) is 5.75 Å². The standard InChI is InChI=1S/C17H24N2O2/c1-2-9-19(15-10-13-5-6-14(11-15)18-13)17(21)12-3-7-16(20)8-4-12/h3-4,7-8,13-15,18,20H,2,5-6,9-11H2,1H3. The predicted octanol–water partition coefficient (Wildman–Crippen LogP) is 2.53. The Balaban J connectivity index is 1.77. The lowest BCUT2D eigenvalue weighted by molar-refractivity contribution is 0.0617. The average molecular weight is 288 g/mol. The molecule has 1 aromatic carbocycles. The quantitative estimate of drug-likeness (QED) is 0.895. The summed E-state index contributed by atoms with van der Waals surface area (Å²) in [6.45, 7) is 2.93. The van der Waals surface area contributed by atoms with E-state index in [1.807, 2.05) is 0 Å². The van der Waals surface area contributed by atoms with Gasteiger partial charge in [-0.15, -0.1) is 0 Å². The van der Waals surface area contributed by atoms with Crippen LogP contribution >= 0.6 is 0 Å². The fourth-order valence-electron chi connectivity index (χ4n) is 3.74. The van der Waals surface area contributed by atoms with E-state index in [0.717, 1.165) is 25.8 Å². The Bertz CT molecular complexity index is 488. The van der Waals surface area contributed by atoms with Crippen molar-refractivity contribution in [3.05, 3.63) is 29.8 Å². The van der Waals surface area contributed by atoms with Crippen molar-refractivity contribution in [2.24, 2.45) is 0 Å². The summed E-state index contributed by atoms with van der Waals surface area (Å²) >= 11 is 0. The van der Waals surface area contributed by atoms with Gasteiger partial charge in [0, 0.05) is 30.2 Å². The molecule has 2 bridgehead atoms. The van der Waals surface area contributed by atoms with Gasteiger partial charge in [-0.1, -0.05) is 6.92 Å². The van der Waals surface area contributed by atoms with Gasteiger partial charge < -0.3 is 15.3 Å². The zero-order valence-electron chi connectivity index (χ0n) is 12.6. The van der Waals surface area contributed by atoms with Crippen LogP contribution in [0.1, 0.15) is 49.4 Å². The van der Waals surface area contributed by atoms with Crippen LogP contribution in [0.4, 0.5) is 0 Å². The van der Waals surface area contributed by atoms with Gasteiger partial charge in [0.2, 0.25) is 0 Å². The second kappa shape index (κ2) is 6.06. The van der Waals surface area contributed by atoms with Crippen molar-refractivity contribution >= 4 is 5.91 Å². The van der Waals surface area contributed by atoms with E-state index in [9.17, 15) is 9.90 Å². The molecule has 3 rings (SSSR count). The highest BCUT2D eigenvalue weighted by Crippen LogP contribution is 2.30. The lowest BCUT2D eigenvalue weighted by Gasteiger charge is -2.38. The Morgan fingerprint density at radius 3 is 2.43 bits per heavy atom. The number of carbonyl (C=O) groups is 1. The van der Waals surface area contributed by atoms with Gasteiger partial charge in [0.05, 0.1) is 0 Å². The largest absolute Gasteiger partial charge is 0.508 e. The number of hydrogen-bond acceptors (Lipinski definition) is 3. The van der Waals surface area contributed by atoms with Crippen LogP contribution in [-0.4, -0.2) is 40.6 Å². The van der Waals surface area contributed by atoms with Gasteiger partial charge in [-0.25, -0.2) is 0 Å². The molecule has 1 aromatic rings. The Morgan fingerprint density at radius 2 is 1.86 bits per heavy atom. The first-order valence-corrected chi connectivity index (χ1v) is 8.03. The summed E-state index contributed by atoms with van der Waals surface area (Å²) in [6, 6.07) is 8.13. The summed E-state index contributed by atoms with van der Waals surface area (Å²) < 4.78 is 0. The topological polar surface area (TPSA) is 52.6 Å². The maximum absolute atomic E-state index is 12.8. The summed E-state index contributed by atoms with van der Waals surface area (Å²) in [6.07, 6.45) is 5.60. The lowest BCUT2D eigenvalue weighted by Crippen LogP contribution is -2.50. The van der Waals surface area contributed by atoms with Gasteiger partial charge in [-0.2, -0.15) is 0 Å². The highest BCUT2D eigenvalue weighted by molar-refractivity contribution is 5.94. The van der Waals surface area contributed by atoms with E-state index in [-0.39, 0.29) is 11.7 Å². The van der Waals surface area contributed by atoms with E-state index in [2.05, 4.69) is 17.1 Å². The number of fused-ring (bicyclic) bond motifs is 2. The van der Waals surface area contributed by atoms with Crippen molar-refractivity contribution < 1.29 is 9.90 Å². The molecule has 2 heterocycles. The van der Waals surface area contributed by atoms with Crippen LogP contribution < -0.4 is 5.32 Å². The third-order valence-electron chi connectivity index (χ3n) is 4.73. The van der Waals surface area contributed by atoms with E-state index in [0.29, 0.717) is 23.7 Å². The summed E-state index contributed by atoms with van der Waals surface area (Å²) in [4.78, 5) is 14.9. The Labute approximate surface area is 126 Å². The molecule has 2 atom stereocenters. The van der Waals surface area contributed by atoms with Crippen LogP contribution in [0, 0.1) is 0 Å². The van der Waals surface area contributed by atoms with Gasteiger partial charge in [-0.3, -0.25) is 4.79 Å². The van der Waals surface area contributed by atoms with Crippen LogP contribution in [0.15, 0.2) is 24.3 Å². The number of carbonyl (C=O) groups excluding carboxylic acids is 1. The number of hydrogen-bond donors (Lipinski definition) is 2. The number of benzene rings is 1. The van der Waals surface area contributed by atoms with E-state index in [1.54, 1.807) is 24.3 Å². The summed E-state index contributed by atoms with van der Waals surface area (Å²) in [5.41, 5.74) is 0.673. The van der Waals surface area contributed by atoms with Gasteiger partial charge in [0.15, 0.2) is 0 Å². The highest BCUT2D eigenvalue weighted by Gasteiger charge is 2.37. The molecule has 2 aliphatic heterocycles. The van der Waals surface area contributed by atoms with Crippen molar-refractivity contribution in [1.29, 1.82) is 0 Å². The number of nitrogens with one attached hydrogen (secondary N) is 1. The number of nitrogens with zero attached hydrogens (tertiary/aromatic N) is 1. The first-order valence-electron chi connectivity index (χ1n) is 8.03. The van der Waals surface area contributed by atoms with Gasteiger partial charge in [0.1, 0.15) is 5.75 Å². The fourth-order valence-corrected chi connectivity index (χ4v) is 3.74. The van der Waals surface area contributed by atoms with Crippen molar-refractivity contribution in [2.45, 2.75) is 57.2 Å². The molecular weight excluding hydrogens is 264 g/mol. The monoisotopic (exact) mass is 288 g/mol. The Morgan fingerprint density at radius 1 is 1.24 bits per heavy atom. The second-order valence-electron chi connectivity index (χ2n) is 6.31. The Kier molecular flexibility index (Phi) is 4.15. The smallest absolute Gasteiger partial charge is 0.254 e. The summed E-state index contributed by atoms with van der Waals surface area (Å²) in [5.74, 6) is 0.302. The predicted molar refractivity (Wildman–Crippen MR) is 82.4 cm³/mol. The molecule has 2 unspecified atom stereocenters. The van der Waals surface area contributed by atoms with Crippen LogP contribution in [0.2, 0.25) is 0 Å². The minimum absolute atomic E-state index is 0.100. The van der Waals surface area contributed by atoms with Crippen molar-refractivity contribution in [3.63, 3.8) is 0 Å². The SMILES string of the molecule is CCCN(C(=O)c1ccc(O)cc1)C1CC2CCC(C1)N2. The maximum Gasteiger partial charge on any atom is 0.254 e. The zero-order valence-corrected chi connectivity index (χ0v) is 12.6. The number of amides is 1. The highest BCUT2D eigenvalue weighted by atomic mass is 16.3. The number of phenolic OH excluding ortho intramolecular Hbond substituents is 1. The molecule has 0 radical (unpaired) electrons. The molecule has 0 aliphatic carbocycles. The number of phenols is 1. The molecule has 0 saturated carbocycles. The molecule has 21 heavy (non-hydrogen) atoms. The minimum Gasteiger partial charge on any atom is -0.508 e. The lowest BCUT2D eigenvalue weighted by atomic mass is 9.97. The van der Waals surface area contributed by atoms with Crippen LogP contribution in [0.3, 0.4) is 0 Å². The number of rotatable bonds is 4. The molecule has 2 aliphatic rings. The molecule has 4 heteroatoms. The van der Waals surface area contributed by atoms with Gasteiger partial charge in [0.25, 0.3) is 5.91 Å². The molecule has 2 saturated heterocycles. The molecule has 1 amide bonds. The van der Waals surface area contributed by atoms with Crippen molar-refractivity contribution in [2.75, 3.05) is 6.54 Å². The van der Waals surface area contributed by atoms with E-state index in [1.165, 1.54) is 12.8 Å². The van der Waals surface area contributed by atoms with E-state index in [4.69, 9.17) is 0 Å². The normalized spacial score (nSPS) is 27.6. The first kappa shape index (κ1) is 14.4. The molecule has 2 N–H and O–H groups in total. The summed E-state index contributed by atoms with van der Waals surface area (Å²) in [7, 11) is 0. The van der Waals surface area contributed by atoms with Gasteiger partial charge in [-0.05, 0) is 56.4 Å². The molecular formula is C17H24N2O2. The zero-order chi connectivity index (χ0) is 14.8. The maximum atomic E-state index is 12.8. The third kappa shape index (κ3) is 3.05. The Hall–Kier alpha value is -1.55. The van der Waals surface area contributed by atoms with Crippen LogP contribution in [-0.2, 0) is 0 Å². The molecule has 4 nitrogen and oxygen atoms in total. The molecule has 0 aromatic heterocycles. The number of aromatic hydroxyl groups is 1. The third-order valence-corrected chi connectivity index (χ3v) is 4.73. The van der Waals surface area contributed by atoms with Gasteiger partial charge >= 0.3 is 0 Å². The second-order valence-corrected chi connectivity index (χ2v) is 6.31. The minimum atomic E-state index is 0.100. The summed E-state index contributed by atoms with van der Waals surface area (Å²) in [5, 5.41) is 13.0. The van der Waals surface area contributed by atoms with Crippen molar-refractivity contribution in [1.82, 2.24) is 10.2 Å². The molecule has 114 valence electrons. The molecule has 0 spiro atoms. The first-order chi connectivity index (χ1) is 10.2. The fraction of sp³-hybridized carbons (Fsp3) is 0.588. The van der Waals surface area contributed by atoms with E-state index < -0.39 is 0 Å². The molecule has 2 fully saturated rings. The van der Waals surface area contributed by atoms with E-state index >= 15 is 0 Å². The van der Waals surface area contributed by atoms with Crippen LogP contribution in [0.5, 0.6) is 5.75 Å². The van der Waals surface area contributed by atoms with Crippen LogP contribution in [0.25, 0.3) is 0 Å².